The minimum absolute atomic E-state index is 0.531. The van der Waals surface area contributed by atoms with Gasteiger partial charge < -0.3 is 15.0 Å². The van der Waals surface area contributed by atoms with Crippen LogP contribution in [-0.4, -0.2) is 42.3 Å². The molecule has 1 aromatic rings. The largest absolute Gasteiger partial charge is 0.481 e. The topological polar surface area (TPSA) is 50.3 Å². The van der Waals surface area contributed by atoms with Gasteiger partial charge in [0.1, 0.15) is 0 Å². The Balaban J connectivity index is 1.82. The van der Waals surface area contributed by atoms with E-state index >= 15 is 0 Å². The Morgan fingerprint density at radius 1 is 1.32 bits per heavy atom. The molecule has 0 spiro atoms. The van der Waals surface area contributed by atoms with Gasteiger partial charge in [0.05, 0.1) is 7.11 Å². The molecule has 3 rings (SSSR count). The third-order valence-electron chi connectivity index (χ3n) is 4.20. The molecule has 2 saturated heterocycles. The highest BCUT2D eigenvalue weighted by Crippen LogP contribution is 2.27. The van der Waals surface area contributed by atoms with Crippen molar-refractivity contribution in [3.05, 3.63) is 12.3 Å². The maximum Gasteiger partial charge on any atom is 0.228 e. The first kappa shape index (κ1) is 12.7. The monoisotopic (exact) mass is 262 g/mol. The summed E-state index contributed by atoms with van der Waals surface area (Å²) in [7, 11) is 1.65. The number of hydrogen-bond acceptors (Lipinski definition) is 5. The van der Waals surface area contributed by atoms with E-state index in [0.717, 1.165) is 19.0 Å². The minimum atomic E-state index is 0.531. The fraction of sp³-hybridized carbons (Fsp3) is 0.714. The zero-order valence-electron chi connectivity index (χ0n) is 11.5. The first-order valence-corrected chi connectivity index (χ1v) is 7.25. The molecule has 2 atom stereocenters. The van der Waals surface area contributed by atoms with Crippen LogP contribution in [0.4, 0.5) is 5.95 Å². The van der Waals surface area contributed by atoms with Crippen LogP contribution in [-0.2, 0) is 0 Å². The number of ether oxygens (including phenoxy) is 1. The van der Waals surface area contributed by atoms with Crippen molar-refractivity contribution in [2.24, 2.45) is 0 Å². The molecule has 0 aliphatic carbocycles. The van der Waals surface area contributed by atoms with E-state index in [0.29, 0.717) is 18.0 Å². The van der Waals surface area contributed by atoms with Crippen molar-refractivity contribution in [2.75, 3.05) is 25.1 Å². The number of hydrogen-bond donors (Lipinski definition) is 1. The number of methoxy groups -OCH3 is 1. The molecule has 0 radical (unpaired) electrons. The smallest absolute Gasteiger partial charge is 0.228 e. The Kier molecular flexibility index (Phi) is 3.82. The molecule has 5 nitrogen and oxygen atoms in total. The average molecular weight is 262 g/mol. The molecule has 1 aromatic heterocycles. The quantitative estimate of drug-likeness (QED) is 0.896. The van der Waals surface area contributed by atoms with E-state index in [4.69, 9.17) is 4.74 Å². The standard InChI is InChI=1S/C14H22N4O/c1-19-13-7-9-16-14(17-13)18-10-3-2-6-12(18)11-5-4-8-15-11/h7,9,11-12,15H,2-6,8,10H2,1H3. The molecule has 19 heavy (non-hydrogen) atoms. The van der Waals surface area contributed by atoms with Crippen LogP contribution in [0.5, 0.6) is 5.88 Å². The van der Waals surface area contributed by atoms with Gasteiger partial charge in [-0.1, -0.05) is 0 Å². The highest BCUT2D eigenvalue weighted by Gasteiger charge is 2.32. The number of nitrogens with zero attached hydrogens (tertiary/aromatic N) is 3. The maximum atomic E-state index is 5.21. The Bertz CT molecular complexity index is 420. The Labute approximate surface area is 114 Å². The van der Waals surface area contributed by atoms with Crippen LogP contribution in [0.3, 0.4) is 0 Å². The second-order valence-electron chi connectivity index (χ2n) is 5.36. The third-order valence-corrected chi connectivity index (χ3v) is 4.20. The van der Waals surface area contributed by atoms with E-state index in [1.807, 2.05) is 0 Å². The van der Waals surface area contributed by atoms with Crippen LogP contribution in [0.1, 0.15) is 32.1 Å². The Morgan fingerprint density at radius 2 is 2.26 bits per heavy atom. The highest BCUT2D eigenvalue weighted by molar-refractivity contribution is 5.35. The van der Waals surface area contributed by atoms with Crippen LogP contribution in [0, 0.1) is 0 Å². The molecule has 5 heteroatoms. The number of nitrogens with one attached hydrogen (secondary N) is 1. The summed E-state index contributed by atoms with van der Waals surface area (Å²) in [6.45, 7) is 2.20. The molecule has 2 fully saturated rings. The fourth-order valence-electron chi connectivity index (χ4n) is 3.25. The van der Waals surface area contributed by atoms with E-state index in [1.54, 1.807) is 19.4 Å². The maximum absolute atomic E-state index is 5.21. The lowest BCUT2D eigenvalue weighted by Crippen LogP contribution is -2.51. The van der Waals surface area contributed by atoms with Gasteiger partial charge >= 0.3 is 0 Å². The minimum Gasteiger partial charge on any atom is -0.481 e. The van der Waals surface area contributed by atoms with Crippen molar-refractivity contribution in [1.82, 2.24) is 15.3 Å². The SMILES string of the molecule is COc1ccnc(N2CCCCC2C2CCCN2)n1. The third kappa shape index (κ3) is 2.66. The van der Waals surface area contributed by atoms with Gasteiger partial charge in [-0.25, -0.2) is 4.98 Å². The first-order chi connectivity index (χ1) is 9.38. The van der Waals surface area contributed by atoms with Crippen LogP contribution in [0.2, 0.25) is 0 Å². The van der Waals surface area contributed by atoms with E-state index < -0.39 is 0 Å². The molecule has 0 saturated carbocycles. The molecule has 3 heterocycles. The predicted octanol–water partition coefficient (Wildman–Crippen LogP) is 1.60. The summed E-state index contributed by atoms with van der Waals surface area (Å²) in [5, 5.41) is 3.63. The second-order valence-corrected chi connectivity index (χ2v) is 5.36. The summed E-state index contributed by atoms with van der Waals surface area (Å²) < 4.78 is 5.21. The second kappa shape index (κ2) is 5.74. The molecule has 2 aliphatic rings. The van der Waals surface area contributed by atoms with Gasteiger partial charge in [0.15, 0.2) is 0 Å². The summed E-state index contributed by atoms with van der Waals surface area (Å²) in [5.41, 5.74) is 0. The molecular weight excluding hydrogens is 240 g/mol. The van der Waals surface area contributed by atoms with Crippen LogP contribution in [0.25, 0.3) is 0 Å². The zero-order valence-corrected chi connectivity index (χ0v) is 11.5. The predicted molar refractivity (Wildman–Crippen MR) is 74.6 cm³/mol. The normalized spacial score (nSPS) is 27.5. The van der Waals surface area contributed by atoms with Gasteiger partial charge in [0.2, 0.25) is 11.8 Å². The Morgan fingerprint density at radius 3 is 3.05 bits per heavy atom. The summed E-state index contributed by atoms with van der Waals surface area (Å²) in [4.78, 5) is 11.3. The lowest BCUT2D eigenvalue weighted by atomic mass is 9.95. The lowest BCUT2D eigenvalue weighted by Gasteiger charge is -2.39. The van der Waals surface area contributed by atoms with E-state index in [-0.39, 0.29) is 0 Å². The first-order valence-electron chi connectivity index (χ1n) is 7.25. The summed E-state index contributed by atoms with van der Waals surface area (Å²) in [6, 6.07) is 2.93. The summed E-state index contributed by atoms with van der Waals surface area (Å²) in [6.07, 6.45) is 8.11. The fourth-order valence-corrected chi connectivity index (χ4v) is 3.25. The molecule has 0 amide bonds. The van der Waals surface area contributed by atoms with Crippen LogP contribution in [0.15, 0.2) is 12.3 Å². The van der Waals surface area contributed by atoms with Crippen LogP contribution >= 0.6 is 0 Å². The van der Waals surface area contributed by atoms with Crippen molar-refractivity contribution < 1.29 is 4.74 Å². The molecule has 1 N–H and O–H groups in total. The average Bonchev–Trinajstić information content (AvgIpc) is 3.01. The van der Waals surface area contributed by atoms with E-state index in [2.05, 4.69) is 20.2 Å². The number of aromatic nitrogens is 2. The van der Waals surface area contributed by atoms with Gasteiger partial charge in [-0.15, -0.1) is 0 Å². The van der Waals surface area contributed by atoms with Crippen molar-refractivity contribution in [3.63, 3.8) is 0 Å². The number of piperidine rings is 1. The lowest BCUT2D eigenvalue weighted by molar-refractivity contribution is 0.367. The van der Waals surface area contributed by atoms with Crippen LogP contribution < -0.4 is 15.0 Å². The van der Waals surface area contributed by atoms with E-state index in [9.17, 15) is 0 Å². The van der Waals surface area contributed by atoms with E-state index in [1.165, 1.54) is 32.1 Å². The molecule has 2 aliphatic heterocycles. The molecule has 2 unspecified atom stereocenters. The highest BCUT2D eigenvalue weighted by atomic mass is 16.5. The van der Waals surface area contributed by atoms with Gasteiger partial charge in [0.25, 0.3) is 0 Å². The van der Waals surface area contributed by atoms with Gasteiger partial charge in [0, 0.05) is 30.9 Å². The number of rotatable bonds is 3. The number of anilines is 1. The molecule has 0 aromatic carbocycles. The molecule has 0 bridgehead atoms. The zero-order chi connectivity index (χ0) is 13.1. The van der Waals surface area contributed by atoms with Gasteiger partial charge in [-0.2, -0.15) is 4.98 Å². The van der Waals surface area contributed by atoms with Gasteiger partial charge in [-0.05, 0) is 38.6 Å². The Hall–Kier alpha value is -1.36. The summed E-state index contributed by atoms with van der Waals surface area (Å²) in [5.74, 6) is 1.46. The van der Waals surface area contributed by atoms with Crippen molar-refractivity contribution in [2.45, 2.75) is 44.2 Å². The summed E-state index contributed by atoms with van der Waals surface area (Å²) >= 11 is 0. The molecule has 104 valence electrons. The van der Waals surface area contributed by atoms with Crippen molar-refractivity contribution in [3.8, 4) is 5.88 Å². The van der Waals surface area contributed by atoms with Crippen molar-refractivity contribution >= 4 is 5.95 Å². The van der Waals surface area contributed by atoms with Crippen molar-refractivity contribution in [1.29, 1.82) is 0 Å². The van der Waals surface area contributed by atoms with Gasteiger partial charge in [-0.3, -0.25) is 0 Å². The molecular formula is C14H22N4O.